The molecule has 0 saturated carbocycles. The summed E-state index contributed by atoms with van der Waals surface area (Å²) in [4.78, 5) is 20.4. The van der Waals surface area contributed by atoms with Crippen LogP contribution in [0, 0.1) is 6.92 Å². The number of benzene rings is 1. The number of amides is 1. The number of aryl methyl sites for hydroxylation is 1. The number of aliphatic hydroxyl groups is 1. The van der Waals surface area contributed by atoms with Crippen molar-refractivity contribution in [2.45, 2.75) is 32.0 Å². The van der Waals surface area contributed by atoms with E-state index >= 15 is 0 Å². The van der Waals surface area contributed by atoms with Crippen molar-refractivity contribution in [3.05, 3.63) is 59.3 Å². The van der Waals surface area contributed by atoms with Gasteiger partial charge in [-0.3, -0.25) is 4.79 Å². The van der Waals surface area contributed by atoms with E-state index in [0.717, 1.165) is 11.1 Å². The molecule has 0 saturated heterocycles. The molecule has 24 heavy (non-hydrogen) atoms. The monoisotopic (exact) mass is 325 g/mol. The number of aliphatic imine (C=N–C) groups is 1. The summed E-state index contributed by atoms with van der Waals surface area (Å²) in [6.45, 7) is 3.99. The summed E-state index contributed by atoms with van der Waals surface area (Å²) < 4.78 is 0. The van der Waals surface area contributed by atoms with Crippen LogP contribution >= 0.6 is 0 Å². The van der Waals surface area contributed by atoms with Crippen molar-refractivity contribution in [2.75, 3.05) is 14.1 Å². The Labute approximate surface area is 142 Å². The van der Waals surface area contributed by atoms with Gasteiger partial charge in [0.25, 0.3) is 0 Å². The van der Waals surface area contributed by atoms with E-state index in [9.17, 15) is 9.90 Å². The molecule has 3 rings (SSSR count). The van der Waals surface area contributed by atoms with Gasteiger partial charge in [0.05, 0.1) is 12.5 Å². The van der Waals surface area contributed by atoms with E-state index in [1.807, 2.05) is 61.4 Å². The van der Waals surface area contributed by atoms with Crippen LogP contribution < -0.4 is 0 Å². The van der Waals surface area contributed by atoms with Crippen molar-refractivity contribution in [3.63, 3.8) is 0 Å². The molecular formula is C19H23N3O2. The van der Waals surface area contributed by atoms with Gasteiger partial charge in [0.1, 0.15) is 5.84 Å². The van der Waals surface area contributed by atoms with Crippen LogP contribution in [0.4, 0.5) is 0 Å². The third-order valence-corrected chi connectivity index (χ3v) is 4.53. The van der Waals surface area contributed by atoms with E-state index in [4.69, 9.17) is 0 Å². The van der Waals surface area contributed by atoms with Crippen molar-refractivity contribution in [1.82, 2.24) is 9.80 Å². The number of allylic oxidation sites excluding steroid dienone is 2. The van der Waals surface area contributed by atoms with Gasteiger partial charge in [0.2, 0.25) is 11.6 Å². The minimum Gasteiger partial charge on any atom is -0.364 e. The topological polar surface area (TPSA) is 56.1 Å². The van der Waals surface area contributed by atoms with Crippen molar-refractivity contribution in [3.8, 4) is 0 Å². The highest BCUT2D eigenvalue weighted by Crippen LogP contribution is 2.39. The standard InChI is InChI=1S/C19H23N3O2/c1-13-5-8-15(9-6-13)19(24)16(11-18(23)21(3)4)22-12-14(2)7-10-17(22)20-19/h5-10,12,16,24H,11H2,1-4H3/t16-,19+/m1/s1. The van der Waals surface area contributed by atoms with Crippen LogP contribution in [0.1, 0.15) is 24.5 Å². The fourth-order valence-electron chi connectivity index (χ4n) is 3.05. The van der Waals surface area contributed by atoms with Gasteiger partial charge in [-0.1, -0.05) is 35.9 Å². The van der Waals surface area contributed by atoms with Crippen molar-refractivity contribution >= 4 is 11.7 Å². The summed E-state index contributed by atoms with van der Waals surface area (Å²) >= 11 is 0. The third-order valence-electron chi connectivity index (χ3n) is 4.53. The molecule has 0 unspecified atom stereocenters. The summed E-state index contributed by atoms with van der Waals surface area (Å²) in [6.07, 6.45) is 5.97. The van der Waals surface area contributed by atoms with Gasteiger partial charge in [-0.15, -0.1) is 0 Å². The maximum Gasteiger partial charge on any atom is 0.224 e. The zero-order chi connectivity index (χ0) is 17.5. The molecule has 1 aromatic carbocycles. The lowest BCUT2D eigenvalue weighted by Gasteiger charge is -2.34. The first kappa shape index (κ1) is 16.5. The molecule has 0 fully saturated rings. The number of hydrogen-bond donors (Lipinski definition) is 1. The van der Waals surface area contributed by atoms with E-state index in [0.29, 0.717) is 11.4 Å². The zero-order valence-corrected chi connectivity index (χ0v) is 14.5. The maximum atomic E-state index is 12.3. The predicted octanol–water partition coefficient (Wildman–Crippen LogP) is 2.17. The Hall–Kier alpha value is -2.40. The molecule has 126 valence electrons. The van der Waals surface area contributed by atoms with Crippen molar-refractivity contribution in [1.29, 1.82) is 0 Å². The lowest BCUT2D eigenvalue weighted by atomic mass is 9.92. The van der Waals surface area contributed by atoms with Crippen LogP contribution in [0.2, 0.25) is 0 Å². The Morgan fingerprint density at radius 1 is 1.25 bits per heavy atom. The minimum atomic E-state index is -1.44. The summed E-state index contributed by atoms with van der Waals surface area (Å²) in [5, 5.41) is 11.4. The quantitative estimate of drug-likeness (QED) is 0.927. The van der Waals surface area contributed by atoms with Gasteiger partial charge < -0.3 is 14.9 Å². The van der Waals surface area contributed by atoms with Crippen molar-refractivity contribution in [2.24, 2.45) is 4.99 Å². The molecule has 1 N–H and O–H groups in total. The largest absolute Gasteiger partial charge is 0.364 e. The van der Waals surface area contributed by atoms with Crippen LogP contribution in [0.3, 0.4) is 0 Å². The molecule has 0 aromatic heterocycles. The summed E-state index contributed by atoms with van der Waals surface area (Å²) in [6, 6.07) is 7.19. The maximum absolute atomic E-state index is 12.3. The number of fused-ring (bicyclic) bond motifs is 1. The Kier molecular flexibility index (Phi) is 4.05. The fourth-order valence-corrected chi connectivity index (χ4v) is 3.05. The normalized spacial score (nSPS) is 25.2. The molecule has 0 bridgehead atoms. The van der Waals surface area contributed by atoms with Crippen LogP contribution in [-0.4, -0.2) is 46.8 Å². The second-order valence-electron chi connectivity index (χ2n) is 6.68. The van der Waals surface area contributed by atoms with E-state index in [2.05, 4.69) is 4.99 Å². The molecule has 2 aliphatic heterocycles. The molecule has 1 amide bonds. The summed E-state index contributed by atoms with van der Waals surface area (Å²) in [7, 11) is 3.45. The van der Waals surface area contributed by atoms with Gasteiger partial charge in [0, 0.05) is 25.9 Å². The molecule has 5 heteroatoms. The number of carbonyl (C=O) groups excluding carboxylic acids is 1. The molecular weight excluding hydrogens is 302 g/mol. The highest BCUT2D eigenvalue weighted by atomic mass is 16.3. The van der Waals surface area contributed by atoms with E-state index in [1.165, 1.54) is 0 Å². The smallest absolute Gasteiger partial charge is 0.224 e. The predicted molar refractivity (Wildman–Crippen MR) is 94.3 cm³/mol. The number of hydrogen-bond acceptors (Lipinski definition) is 4. The number of amidine groups is 1. The fraction of sp³-hybridized carbons (Fsp3) is 0.368. The molecule has 1 aromatic rings. The minimum absolute atomic E-state index is 0.0393. The van der Waals surface area contributed by atoms with E-state index in [-0.39, 0.29) is 12.3 Å². The van der Waals surface area contributed by atoms with Crippen LogP contribution in [0.25, 0.3) is 0 Å². The Bertz CT molecular complexity index is 746. The Morgan fingerprint density at radius 3 is 2.54 bits per heavy atom. The second kappa shape index (κ2) is 5.91. The first-order valence-electron chi connectivity index (χ1n) is 8.05. The third kappa shape index (κ3) is 2.76. The molecule has 2 atom stereocenters. The van der Waals surface area contributed by atoms with Gasteiger partial charge in [-0.25, -0.2) is 4.99 Å². The van der Waals surface area contributed by atoms with Gasteiger partial charge in [-0.05, 0) is 25.5 Å². The summed E-state index contributed by atoms with van der Waals surface area (Å²) in [5.74, 6) is 0.642. The zero-order valence-electron chi connectivity index (χ0n) is 14.5. The molecule has 0 radical (unpaired) electrons. The van der Waals surface area contributed by atoms with Crippen LogP contribution in [0.5, 0.6) is 0 Å². The first-order chi connectivity index (χ1) is 11.3. The number of rotatable bonds is 3. The average Bonchev–Trinajstić information content (AvgIpc) is 2.81. The Balaban J connectivity index is 2.04. The number of carbonyl (C=O) groups is 1. The number of nitrogens with zero attached hydrogens (tertiary/aromatic N) is 3. The highest BCUT2D eigenvalue weighted by Gasteiger charge is 2.49. The van der Waals surface area contributed by atoms with Gasteiger partial charge in [0.15, 0.2) is 0 Å². The molecule has 0 spiro atoms. The second-order valence-corrected chi connectivity index (χ2v) is 6.68. The van der Waals surface area contributed by atoms with Crippen LogP contribution in [0.15, 0.2) is 53.2 Å². The van der Waals surface area contributed by atoms with Gasteiger partial charge >= 0.3 is 0 Å². The summed E-state index contributed by atoms with van der Waals surface area (Å²) in [5.41, 5.74) is 1.43. The molecule has 5 nitrogen and oxygen atoms in total. The van der Waals surface area contributed by atoms with E-state index < -0.39 is 11.8 Å². The lowest BCUT2D eigenvalue weighted by Crippen LogP contribution is -2.46. The first-order valence-corrected chi connectivity index (χ1v) is 8.05. The molecule has 0 aliphatic carbocycles. The molecule has 2 heterocycles. The van der Waals surface area contributed by atoms with E-state index in [1.54, 1.807) is 19.0 Å². The highest BCUT2D eigenvalue weighted by molar-refractivity contribution is 5.98. The average molecular weight is 325 g/mol. The SMILES string of the molecule is CC1=CN2C(=N[C@](O)(c3ccc(C)cc3)[C@H]2CC(=O)N(C)C)C=C1. The van der Waals surface area contributed by atoms with Gasteiger partial charge in [-0.2, -0.15) is 0 Å². The van der Waals surface area contributed by atoms with Crippen molar-refractivity contribution < 1.29 is 9.90 Å². The van der Waals surface area contributed by atoms with Crippen LogP contribution in [-0.2, 0) is 10.5 Å². The Morgan fingerprint density at radius 2 is 1.92 bits per heavy atom. The lowest BCUT2D eigenvalue weighted by molar-refractivity contribution is -0.131. The molecule has 2 aliphatic rings.